The van der Waals surface area contributed by atoms with Gasteiger partial charge in [0.05, 0.1) is 11.8 Å². The van der Waals surface area contributed by atoms with Gasteiger partial charge in [-0.3, -0.25) is 14.4 Å². The Labute approximate surface area is 204 Å². The summed E-state index contributed by atoms with van der Waals surface area (Å²) in [4.78, 5) is 35.8. The number of alkyl halides is 3. The number of anilines is 2. The highest BCUT2D eigenvalue weighted by Crippen LogP contribution is 2.30. The van der Waals surface area contributed by atoms with Gasteiger partial charge in [-0.05, 0) is 72.6 Å². The average molecular weight is 498 g/mol. The van der Waals surface area contributed by atoms with Crippen LogP contribution in [0, 0.1) is 6.92 Å². The molecule has 3 rings (SSSR count). The van der Waals surface area contributed by atoms with Gasteiger partial charge < -0.3 is 15.4 Å². The highest BCUT2D eigenvalue weighted by molar-refractivity contribution is 6.39. The number of hydrazone groups is 1. The molecule has 0 spiro atoms. The molecule has 3 aromatic carbocycles. The summed E-state index contributed by atoms with van der Waals surface area (Å²) in [7, 11) is 0. The van der Waals surface area contributed by atoms with Gasteiger partial charge in [-0.2, -0.15) is 18.3 Å². The van der Waals surface area contributed by atoms with Gasteiger partial charge in [0.1, 0.15) is 5.75 Å². The third-order valence-electron chi connectivity index (χ3n) is 4.59. The minimum Gasteiger partial charge on any atom is -0.484 e. The molecule has 3 amide bonds. The third kappa shape index (κ3) is 7.97. The lowest BCUT2D eigenvalue weighted by Crippen LogP contribution is -2.32. The second-order valence-electron chi connectivity index (χ2n) is 7.51. The van der Waals surface area contributed by atoms with Crippen molar-refractivity contribution < 1.29 is 32.3 Å². The lowest BCUT2D eigenvalue weighted by atomic mass is 10.2. The van der Waals surface area contributed by atoms with Gasteiger partial charge in [0, 0.05) is 11.4 Å². The Morgan fingerprint density at radius 2 is 1.56 bits per heavy atom. The van der Waals surface area contributed by atoms with E-state index in [0.717, 1.165) is 17.7 Å². The van der Waals surface area contributed by atoms with Crippen LogP contribution in [-0.2, 0) is 20.6 Å². The zero-order valence-electron chi connectivity index (χ0n) is 18.9. The minimum atomic E-state index is -4.58. The number of aryl methyl sites for hydroxylation is 1. The predicted octanol–water partition coefficient (Wildman–Crippen LogP) is 4.12. The smallest absolute Gasteiger partial charge is 0.416 e. The Balaban J connectivity index is 1.45. The molecule has 0 aromatic heterocycles. The molecule has 3 aromatic rings. The molecule has 0 fully saturated rings. The summed E-state index contributed by atoms with van der Waals surface area (Å²) in [6, 6.07) is 17.6. The molecule has 186 valence electrons. The van der Waals surface area contributed by atoms with Crippen molar-refractivity contribution in [3.8, 4) is 5.75 Å². The summed E-state index contributed by atoms with van der Waals surface area (Å²) >= 11 is 0. The highest BCUT2D eigenvalue weighted by atomic mass is 19.4. The Bertz CT molecular complexity index is 1270. The molecular weight excluding hydrogens is 477 g/mol. The lowest BCUT2D eigenvalue weighted by Gasteiger charge is -2.09. The quantitative estimate of drug-likeness (QED) is 0.259. The normalized spacial score (nSPS) is 11.1. The summed E-state index contributed by atoms with van der Waals surface area (Å²) in [6.45, 7) is 1.72. The zero-order valence-corrected chi connectivity index (χ0v) is 18.9. The molecule has 0 radical (unpaired) electrons. The van der Waals surface area contributed by atoms with Crippen molar-refractivity contribution >= 4 is 35.3 Å². The van der Waals surface area contributed by atoms with Crippen LogP contribution >= 0.6 is 0 Å². The summed E-state index contributed by atoms with van der Waals surface area (Å²) in [5, 5.41) is 8.45. The second-order valence-corrected chi connectivity index (χ2v) is 7.51. The van der Waals surface area contributed by atoms with Crippen molar-refractivity contribution in [2.24, 2.45) is 5.10 Å². The van der Waals surface area contributed by atoms with Crippen LogP contribution in [0.1, 0.15) is 16.7 Å². The van der Waals surface area contributed by atoms with E-state index in [2.05, 4.69) is 15.7 Å². The van der Waals surface area contributed by atoms with Gasteiger partial charge in [-0.1, -0.05) is 18.2 Å². The van der Waals surface area contributed by atoms with Crippen LogP contribution in [0.4, 0.5) is 24.5 Å². The fourth-order valence-corrected chi connectivity index (χ4v) is 2.90. The largest absolute Gasteiger partial charge is 0.484 e. The first-order chi connectivity index (χ1) is 17.1. The number of amides is 3. The average Bonchev–Trinajstić information content (AvgIpc) is 2.83. The van der Waals surface area contributed by atoms with Gasteiger partial charge in [0.15, 0.2) is 6.61 Å². The number of halogens is 3. The van der Waals surface area contributed by atoms with E-state index in [1.165, 1.54) is 12.3 Å². The number of nitrogens with zero attached hydrogens (tertiary/aromatic N) is 1. The van der Waals surface area contributed by atoms with E-state index in [4.69, 9.17) is 4.74 Å². The molecule has 0 aliphatic rings. The van der Waals surface area contributed by atoms with E-state index < -0.39 is 23.6 Å². The molecule has 0 atom stereocenters. The van der Waals surface area contributed by atoms with Crippen LogP contribution in [0.5, 0.6) is 5.75 Å². The molecule has 0 saturated heterocycles. The summed E-state index contributed by atoms with van der Waals surface area (Å²) in [5.74, 6) is -2.24. The van der Waals surface area contributed by atoms with E-state index in [1.54, 1.807) is 30.3 Å². The molecular formula is C25H21F3N4O4. The van der Waals surface area contributed by atoms with Crippen molar-refractivity contribution in [3.63, 3.8) is 0 Å². The van der Waals surface area contributed by atoms with Gasteiger partial charge in [0.2, 0.25) is 0 Å². The summed E-state index contributed by atoms with van der Waals surface area (Å²) in [6.07, 6.45) is -3.33. The van der Waals surface area contributed by atoms with E-state index in [1.807, 2.05) is 30.5 Å². The first-order valence-electron chi connectivity index (χ1n) is 10.5. The lowest BCUT2D eigenvalue weighted by molar-refractivity contribution is -0.137. The maximum absolute atomic E-state index is 12.8. The van der Waals surface area contributed by atoms with Crippen LogP contribution in [0.15, 0.2) is 77.9 Å². The summed E-state index contributed by atoms with van der Waals surface area (Å²) < 4.78 is 43.7. The molecule has 36 heavy (non-hydrogen) atoms. The molecule has 0 bridgehead atoms. The Hall–Kier alpha value is -4.67. The first kappa shape index (κ1) is 25.9. The molecule has 11 heteroatoms. The van der Waals surface area contributed by atoms with Gasteiger partial charge in [0.25, 0.3) is 5.91 Å². The van der Waals surface area contributed by atoms with E-state index in [9.17, 15) is 27.6 Å². The molecule has 8 nitrogen and oxygen atoms in total. The molecule has 0 aliphatic carbocycles. The number of hydrogen-bond donors (Lipinski definition) is 3. The van der Waals surface area contributed by atoms with Crippen molar-refractivity contribution in [2.75, 3.05) is 17.2 Å². The van der Waals surface area contributed by atoms with E-state index in [-0.39, 0.29) is 18.2 Å². The van der Waals surface area contributed by atoms with Crippen LogP contribution in [0.25, 0.3) is 0 Å². The van der Waals surface area contributed by atoms with Crippen LogP contribution in [0.2, 0.25) is 0 Å². The minimum absolute atomic E-state index is 0.183. The van der Waals surface area contributed by atoms with Crippen molar-refractivity contribution in [1.29, 1.82) is 0 Å². The third-order valence-corrected chi connectivity index (χ3v) is 4.59. The number of nitrogens with one attached hydrogen (secondary N) is 3. The topological polar surface area (TPSA) is 109 Å². The Morgan fingerprint density at radius 3 is 2.22 bits per heavy atom. The Morgan fingerprint density at radius 1 is 0.889 bits per heavy atom. The van der Waals surface area contributed by atoms with E-state index in [0.29, 0.717) is 23.1 Å². The molecule has 0 aliphatic heterocycles. The molecule has 0 heterocycles. The first-order valence-corrected chi connectivity index (χ1v) is 10.5. The van der Waals surface area contributed by atoms with Gasteiger partial charge in [-0.15, -0.1) is 0 Å². The van der Waals surface area contributed by atoms with Crippen LogP contribution < -0.4 is 20.8 Å². The fraction of sp³-hybridized carbons (Fsp3) is 0.120. The molecule has 0 saturated carbocycles. The van der Waals surface area contributed by atoms with Crippen molar-refractivity contribution in [2.45, 2.75) is 13.1 Å². The number of rotatable bonds is 7. The summed E-state index contributed by atoms with van der Waals surface area (Å²) in [5.41, 5.74) is 3.07. The number of carbonyl (C=O) groups excluding carboxylic acids is 3. The standard InChI is InChI=1S/C25H21F3N4O4/c1-16-4-2-6-19(12-16)30-22(33)15-36-21-10-8-17(9-11-21)14-29-32-24(35)23(34)31-20-7-3-5-18(13-20)25(26,27)28/h2-14H,15H2,1H3,(H,30,33)(H,31,34)(H,32,35)/b29-14-. The zero-order chi connectivity index (χ0) is 26.1. The van der Waals surface area contributed by atoms with Gasteiger partial charge >= 0.3 is 18.0 Å². The highest BCUT2D eigenvalue weighted by Gasteiger charge is 2.30. The SMILES string of the molecule is Cc1cccc(NC(=O)COc2ccc(/C=N\NC(=O)C(=O)Nc3cccc(C(F)(F)F)c3)cc2)c1. The second kappa shape index (κ2) is 11.6. The monoisotopic (exact) mass is 498 g/mol. The predicted molar refractivity (Wildman–Crippen MR) is 128 cm³/mol. The maximum atomic E-state index is 12.8. The van der Waals surface area contributed by atoms with Gasteiger partial charge in [-0.25, -0.2) is 5.43 Å². The van der Waals surface area contributed by atoms with E-state index >= 15 is 0 Å². The van der Waals surface area contributed by atoms with Crippen LogP contribution in [-0.4, -0.2) is 30.5 Å². The number of benzene rings is 3. The molecule has 3 N–H and O–H groups in total. The maximum Gasteiger partial charge on any atom is 0.416 e. The molecule has 0 unspecified atom stereocenters. The Kier molecular flexibility index (Phi) is 8.39. The van der Waals surface area contributed by atoms with Crippen LogP contribution in [0.3, 0.4) is 0 Å². The van der Waals surface area contributed by atoms with Crippen molar-refractivity contribution in [1.82, 2.24) is 5.43 Å². The van der Waals surface area contributed by atoms with Crippen molar-refractivity contribution in [3.05, 3.63) is 89.5 Å². The fourth-order valence-electron chi connectivity index (χ4n) is 2.90. The number of ether oxygens (including phenoxy) is 1. The number of hydrogen-bond acceptors (Lipinski definition) is 5. The number of carbonyl (C=O) groups is 3.